The van der Waals surface area contributed by atoms with Crippen LogP contribution in [-0.2, 0) is 16.0 Å². The zero-order valence-electron chi connectivity index (χ0n) is 24.4. The Kier molecular flexibility index (Phi) is 8.75. The van der Waals surface area contributed by atoms with E-state index in [0.29, 0.717) is 5.92 Å². The fraction of sp³-hybridized carbons (Fsp3) is 0.471. The van der Waals surface area contributed by atoms with Crippen molar-refractivity contribution in [2.24, 2.45) is 17.8 Å². The maximum absolute atomic E-state index is 12.9. The number of esters is 1. The molecule has 0 radical (unpaired) electrons. The van der Waals surface area contributed by atoms with Crippen molar-refractivity contribution < 1.29 is 14.3 Å². The molecule has 3 aromatic rings. The smallest absolute Gasteiger partial charge is 0.308 e. The number of rotatable bonds is 12. The number of para-hydroxylation sites is 1. The first-order valence-electron chi connectivity index (χ1n) is 14.7. The highest BCUT2D eigenvalue weighted by molar-refractivity contribution is 5.74. The van der Waals surface area contributed by atoms with Crippen LogP contribution in [-0.4, -0.2) is 53.7 Å². The largest absolute Gasteiger partial charge is 0.496 e. The molecule has 1 saturated carbocycles. The van der Waals surface area contributed by atoms with Gasteiger partial charge < -0.3 is 19.4 Å². The molecule has 2 aromatic carbocycles. The molecule has 1 aromatic heterocycles. The third-order valence-corrected chi connectivity index (χ3v) is 8.69. The molecule has 0 spiro atoms. The van der Waals surface area contributed by atoms with Gasteiger partial charge in [-0.3, -0.25) is 4.79 Å². The number of nitrogens with zero attached hydrogens (tertiary/aromatic N) is 2. The summed E-state index contributed by atoms with van der Waals surface area (Å²) in [6.45, 7) is 5.72. The molecule has 0 saturated heterocycles. The third kappa shape index (κ3) is 6.17. The van der Waals surface area contributed by atoms with Crippen LogP contribution < -0.4 is 4.74 Å². The van der Waals surface area contributed by atoms with Crippen molar-refractivity contribution in [3.8, 4) is 17.0 Å². The molecule has 1 fully saturated rings. The van der Waals surface area contributed by atoms with Gasteiger partial charge >= 0.3 is 5.97 Å². The fourth-order valence-corrected chi connectivity index (χ4v) is 6.41. The highest BCUT2D eigenvalue weighted by Gasteiger charge is 2.50. The highest BCUT2D eigenvalue weighted by atomic mass is 16.6. The van der Waals surface area contributed by atoms with Crippen molar-refractivity contribution in [3.63, 3.8) is 0 Å². The van der Waals surface area contributed by atoms with Crippen molar-refractivity contribution in [1.29, 1.82) is 0 Å². The van der Waals surface area contributed by atoms with Crippen molar-refractivity contribution in [2.45, 2.75) is 58.0 Å². The number of allylic oxidation sites excluding steroid dienone is 1. The average molecular weight is 542 g/mol. The van der Waals surface area contributed by atoms with Gasteiger partial charge in [0.1, 0.15) is 17.2 Å². The van der Waals surface area contributed by atoms with Crippen LogP contribution in [0.5, 0.6) is 5.75 Å². The Morgan fingerprint density at radius 2 is 1.88 bits per heavy atom. The topological polar surface area (TPSA) is 67.5 Å². The van der Waals surface area contributed by atoms with Gasteiger partial charge in [-0.2, -0.15) is 0 Å². The second kappa shape index (κ2) is 12.4. The van der Waals surface area contributed by atoms with Crippen LogP contribution in [0.3, 0.4) is 0 Å². The summed E-state index contributed by atoms with van der Waals surface area (Å²) in [7, 11) is 3.86. The number of benzene rings is 2. The van der Waals surface area contributed by atoms with Crippen molar-refractivity contribution in [1.82, 2.24) is 14.9 Å². The number of aryl methyl sites for hydroxylation is 1. The van der Waals surface area contributed by atoms with Gasteiger partial charge in [0.2, 0.25) is 0 Å². The number of aromatic amines is 1. The van der Waals surface area contributed by atoms with Crippen LogP contribution in [0.15, 0.2) is 66.9 Å². The molecule has 0 aliphatic heterocycles. The van der Waals surface area contributed by atoms with E-state index in [1.165, 1.54) is 17.6 Å². The number of aromatic nitrogens is 2. The lowest BCUT2D eigenvalue weighted by atomic mass is 9.60. The van der Waals surface area contributed by atoms with Crippen LogP contribution in [0.4, 0.5) is 0 Å². The van der Waals surface area contributed by atoms with Crippen LogP contribution in [0.1, 0.15) is 57.3 Å². The van der Waals surface area contributed by atoms with Gasteiger partial charge in [-0.1, -0.05) is 62.4 Å². The molecule has 40 heavy (non-hydrogen) atoms. The molecule has 1 N–H and O–H groups in total. The molecule has 6 heteroatoms. The normalized spacial score (nSPS) is 22.0. The fourth-order valence-electron chi connectivity index (χ4n) is 6.41. The van der Waals surface area contributed by atoms with Crippen LogP contribution >= 0.6 is 0 Å². The van der Waals surface area contributed by atoms with E-state index in [4.69, 9.17) is 9.47 Å². The van der Waals surface area contributed by atoms with E-state index in [9.17, 15) is 4.79 Å². The number of H-pyrrole nitrogens is 1. The van der Waals surface area contributed by atoms with Gasteiger partial charge in [-0.15, -0.1) is 0 Å². The van der Waals surface area contributed by atoms with E-state index in [1.807, 2.05) is 44.3 Å². The lowest BCUT2D eigenvalue weighted by molar-refractivity contribution is -0.176. The molecule has 212 valence electrons. The lowest BCUT2D eigenvalue weighted by Gasteiger charge is -2.50. The number of nitrogens with one attached hydrogen (secondary N) is 1. The van der Waals surface area contributed by atoms with E-state index < -0.39 is 5.60 Å². The summed E-state index contributed by atoms with van der Waals surface area (Å²) < 4.78 is 11.9. The van der Waals surface area contributed by atoms with Gasteiger partial charge in [0.25, 0.3) is 0 Å². The number of fused-ring (bicyclic) bond motifs is 2. The van der Waals surface area contributed by atoms with Crippen LogP contribution in [0, 0.1) is 17.8 Å². The first-order valence-corrected chi connectivity index (χ1v) is 14.7. The summed E-state index contributed by atoms with van der Waals surface area (Å²) in [4.78, 5) is 23.3. The summed E-state index contributed by atoms with van der Waals surface area (Å²) >= 11 is 0. The second-order valence-electron chi connectivity index (χ2n) is 11.8. The molecular weight excluding hydrogens is 498 g/mol. The number of hydrogen-bond acceptors (Lipinski definition) is 5. The average Bonchev–Trinajstić information content (AvgIpc) is 3.45. The van der Waals surface area contributed by atoms with Gasteiger partial charge in [-0.05, 0) is 68.5 Å². The molecule has 0 amide bonds. The highest BCUT2D eigenvalue weighted by Crippen LogP contribution is 2.53. The first kappa shape index (κ1) is 28.2. The van der Waals surface area contributed by atoms with Gasteiger partial charge in [0.05, 0.1) is 24.9 Å². The van der Waals surface area contributed by atoms with Crippen LogP contribution in [0.25, 0.3) is 16.8 Å². The molecule has 3 unspecified atom stereocenters. The maximum atomic E-state index is 12.9. The van der Waals surface area contributed by atoms with Crippen LogP contribution in [0.2, 0.25) is 0 Å². The van der Waals surface area contributed by atoms with E-state index in [1.54, 1.807) is 7.11 Å². The molecule has 2 bridgehead atoms. The monoisotopic (exact) mass is 541 g/mol. The zero-order chi connectivity index (χ0) is 28.1. The number of carbonyl (C=O) groups excluding carboxylic acids is 1. The Morgan fingerprint density at radius 3 is 2.60 bits per heavy atom. The number of carbonyl (C=O) groups is 1. The minimum atomic E-state index is -0.415. The molecule has 6 nitrogen and oxygen atoms in total. The minimum Gasteiger partial charge on any atom is -0.496 e. The van der Waals surface area contributed by atoms with Crippen molar-refractivity contribution in [2.75, 3.05) is 27.2 Å². The molecule has 3 atom stereocenters. The SMILES string of the molecule is COc1ccccc1-c1cnc(CCCN(C)CCC2(OC(=O)C(C)C)CC3CCC2C=C3c2ccccc2)[nH]1. The second-order valence-corrected chi connectivity index (χ2v) is 11.8. The van der Waals surface area contributed by atoms with E-state index in [-0.39, 0.29) is 17.8 Å². The zero-order valence-corrected chi connectivity index (χ0v) is 24.4. The lowest BCUT2D eigenvalue weighted by Crippen LogP contribution is -2.51. The summed E-state index contributed by atoms with van der Waals surface area (Å²) in [5, 5.41) is 0. The molecular formula is C34H43N3O3. The third-order valence-electron chi connectivity index (χ3n) is 8.69. The maximum Gasteiger partial charge on any atom is 0.308 e. The van der Waals surface area contributed by atoms with E-state index in [0.717, 1.165) is 68.0 Å². The predicted octanol–water partition coefficient (Wildman–Crippen LogP) is 6.79. The number of imidazole rings is 1. The Bertz CT molecular complexity index is 1310. The number of methoxy groups -OCH3 is 1. The van der Waals surface area contributed by atoms with E-state index >= 15 is 0 Å². The standard InChI is InChI=1S/C34H43N3O3/c1-24(2)33(38)40-34(22-26-16-17-27(34)21-29(26)25-11-6-5-7-12-25)18-20-37(3)19-10-15-32-35-23-30(36-32)28-13-8-9-14-31(28)39-4/h5-9,11-14,21,23-24,26-27H,10,15-20,22H2,1-4H3,(H,35,36). The van der Waals surface area contributed by atoms with E-state index in [2.05, 4.69) is 58.3 Å². The molecule has 3 aliphatic carbocycles. The predicted molar refractivity (Wildman–Crippen MR) is 160 cm³/mol. The summed E-state index contributed by atoms with van der Waals surface area (Å²) in [5.74, 6) is 2.33. The summed E-state index contributed by atoms with van der Waals surface area (Å²) in [6, 6.07) is 18.7. The summed E-state index contributed by atoms with van der Waals surface area (Å²) in [5.41, 5.74) is 4.33. The Labute approximate surface area is 238 Å². The first-order chi connectivity index (χ1) is 19.4. The molecule has 1 heterocycles. The van der Waals surface area contributed by atoms with Crippen molar-refractivity contribution in [3.05, 3.63) is 78.3 Å². The quantitative estimate of drug-likeness (QED) is 0.256. The number of ether oxygens (including phenoxy) is 2. The molecule has 3 aliphatic rings. The molecule has 6 rings (SSSR count). The van der Waals surface area contributed by atoms with Gasteiger partial charge in [-0.25, -0.2) is 4.98 Å². The van der Waals surface area contributed by atoms with Gasteiger partial charge in [0.15, 0.2) is 0 Å². The summed E-state index contributed by atoms with van der Waals surface area (Å²) in [6.07, 6.45) is 10.2. The minimum absolute atomic E-state index is 0.0754. The Balaban J connectivity index is 1.20. The number of hydrogen-bond donors (Lipinski definition) is 1. The van der Waals surface area contributed by atoms with Crippen molar-refractivity contribution >= 4 is 11.5 Å². The Hall–Kier alpha value is -3.38. The van der Waals surface area contributed by atoms with Gasteiger partial charge in [0, 0.05) is 30.9 Å². The Morgan fingerprint density at radius 1 is 1.10 bits per heavy atom.